The number of nitrogens with zero attached hydrogens (tertiary/aromatic N) is 4. The number of anilines is 1. The molecular weight excluding hydrogens is 270 g/mol. The first kappa shape index (κ1) is 15.1. The van der Waals surface area contributed by atoms with Crippen LogP contribution in [0.15, 0.2) is 6.20 Å². The minimum atomic E-state index is -0.495. The molecule has 0 saturated heterocycles. The lowest BCUT2D eigenvalue weighted by atomic mass is 10.3. The number of aromatic nitrogens is 4. The maximum Gasteiger partial charge on any atom is 0.360 e. The van der Waals surface area contributed by atoms with Gasteiger partial charge in [0.2, 0.25) is 0 Å². The molecule has 0 spiro atoms. The van der Waals surface area contributed by atoms with Gasteiger partial charge in [0.1, 0.15) is 11.6 Å². The maximum absolute atomic E-state index is 11.9. The standard InChI is InChI=1S/C14H21N5O2/c1-5-9-10(8-18(4)17-9)19-11(6-2)16-12(13(19)15)14(20)21-7-3/h8H,5-7,15H2,1-4H3. The fraction of sp³-hybridized carbons (Fsp3) is 0.500. The smallest absolute Gasteiger partial charge is 0.360 e. The van der Waals surface area contributed by atoms with Gasteiger partial charge in [0, 0.05) is 19.7 Å². The number of carbonyl (C=O) groups is 1. The molecule has 0 aliphatic heterocycles. The lowest BCUT2D eigenvalue weighted by Crippen LogP contribution is -2.10. The van der Waals surface area contributed by atoms with Crippen LogP contribution in [0, 0.1) is 0 Å². The van der Waals surface area contributed by atoms with E-state index in [2.05, 4.69) is 10.1 Å². The van der Waals surface area contributed by atoms with Crippen molar-refractivity contribution in [2.45, 2.75) is 33.6 Å². The van der Waals surface area contributed by atoms with Crippen molar-refractivity contribution in [2.24, 2.45) is 7.05 Å². The average Bonchev–Trinajstić information content (AvgIpc) is 2.98. The molecule has 0 amide bonds. The van der Waals surface area contributed by atoms with Crippen molar-refractivity contribution < 1.29 is 9.53 Å². The molecule has 21 heavy (non-hydrogen) atoms. The van der Waals surface area contributed by atoms with Gasteiger partial charge in [-0.05, 0) is 13.3 Å². The number of imidazole rings is 1. The van der Waals surface area contributed by atoms with E-state index in [-0.39, 0.29) is 5.69 Å². The minimum Gasteiger partial charge on any atom is -0.461 e. The summed E-state index contributed by atoms with van der Waals surface area (Å²) >= 11 is 0. The van der Waals surface area contributed by atoms with E-state index in [1.54, 1.807) is 16.2 Å². The van der Waals surface area contributed by atoms with Gasteiger partial charge in [-0.15, -0.1) is 0 Å². The van der Waals surface area contributed by atoms with E-state index in [1.165, 1.54) is 0 Å². The van der Waals surface area contributed by atoms with Crippen molar-refractivity contribution >= 4 is 11.8 Å². The van der Waals surface area contributed by atoms with Crippen LogP contribution in [0.3, 0.4) is 0 Å². The van der Waals surface area contributed by atoms with Gasteiger partial charge in [-0.1, -0.05) is 13.8 Å². The molecule has 0 fully saturated rings. The number of nitrogen functional groups attached to an aromatic ring is 1. The zero-order chi connectivity index (χ0) is 15.6. The van der Waals surface area contributed by atoms with Crippen LogP contribution in [0.25, 0.3) is 5.69 Å². The summed E-state index contributed by atoms with van der Waals surface area (Å²) < 4.78 is 8.53. The number of esters is 1. The Morgan fingerprint density at radius 2 is 2.05 bits per heavy atom. The van der Waals surface area contributed by atoms with Crippen molar-refractivity contribution in [2.75, 3.05) is 12.3 Å². The van der Waals surface area contributed by atoms with E-state index in [1.807, 2.05) is 27.1 Å². The monoisotopic (exact) mass is 291 g/mol. The molecule has 0 aliphatic carbocycles. The number of ether oxygens (including phenoxy) is 1. The Labute approximate surface area is 123 Å². The van der Waals surface area contributed by atoms with E-state index < -0.39 is 5.97 Å². The van der Waals surface area contributed by atoms with Gasteiger partial charge in [-0.2, -0.15) is 5.10 Å². The van der Waals surface area contributed by atoms with Gasteiger partial charge in [0.05, 0.1) is 18.0 Å². The Morgan fingerprint density at radius 1 is 1.33 bits per heavy atom. The molecule has 7 nitrogen and oxygen atoms in total. The maximum atomic E-state index is 11.9. The number of aryl methyl sites for hydroxylation is 3. The number of rotatable bonds is 5. The first-order valence-electron chi connectivity index (χ1n) is 7.10. The van der Waals surface area contributed by atoms with Gasteiger partial charge in [0.25, 0.3) is 0 Å². The van der Waals surface area contributed by atoms with Crippen LogP contribution in [0.5, 0.6) is 0 Å². The van der Waals surface area contributed by atoms with E-state index in [9.17, 15) is 4.79 Å². The predicted octanol–water partition coefficient (Wildman–Crippen LogP) is 1.49. The third-order valence-electron chi connectivity index (χ3n) is 3.23. The Balaban J connectivity index is 2.60. The molecule has 2 heterocycles. The van der Waals surface area contributed by atoms with Gasteiger partial charge < -0.3 is 10.5 Å². The lowest BCUT2D eigenvalue weighted by Gasteiger charge is -2.08. The molecule has 0 aliphatic rings. The molecule has 0 saturated carbocycles. The van der Waals surface area contributed by atoms with Crippen molar-refractivity contribution in [3.8, 4) is 5.69 Å². The summed E-state index contributed by atoms with van der Waals surface area (Å²) in [5, 5.41) is 4.41. The molecule has 2 N–H and O–H groups in total. The van der Waals surface area contributed by atoms with Crippen LogP contribution in [0.4, 0.5) is 5.82 Å². The van der Waals surface area contributed by atoms with E-state index in [0.29, 0.717) is 18.8 Å². The highest BCUT2D eigenvalue weighted by atomic mass is 16.5. The largest absolute Gasteiger partial charge is 0.461 e. The van der Waals surface area contributed by atoms with Crippen molar-refractivity contribution in [1.29, 1.82) is 0 Å². The van der Waals surface area contributed by atoms with Gasteiger partial charge in [-0.3, -0.25) is 9.25 Å². The SMILES string of the molecule is CCOC(=O)c1nc(CC)n(-c2cn(C)nc2CC)c1N. The molecule has 7 heteroatoms. The summed E-state index contributed by atoms with van der Waals surface area (Å²) in [5.41, 5.74) is 8.07. The second kappa shape index (κ2) is 5.99. The molecule has 0 atom stereocenters. The molecule has 114 valence electrons. The average molecular weight is 291 g/mol. The van der Waals surface area contributed by atoms with E-state index in [4.69, 9.17) is 10.5 Å². The van der Waals surface area contributed by atoms with Crippen LogP contribution in [-0.2, 0) is 24.6 Å². The second-order valence-electron chi connectivity index (χ2n) is 4.66. The summed E-state index contributed by atoms with van der Waals surface area (Å²) in [4.78, 5) is 16.3. The normalized spacial score (nSPS) is 10.9. The van der Waals surface area contributed by atoms with Crippen molar-refractivity contribution in [1.82, 2.24) is 19.3 Å². The Morgan fingerprint density at radius 3 is 2.62 bits per heavy atom. The third-order valence-corrected chi connectivity index (χ3v) is 3.23. The minimum absolute atomic E-state index is 0.166. The number of hydrogen-bond acceptors (Lipinski definition) is 5. The van der Waals surface area contributed by atoms with Crippen LogP contribution >= 0.6 is 0 Å². The predicted molar refractivity (Wildman–Crippen MR) is 79.5 cm³/mol. The summed E-state index contributed by atoms with van der Waals surface area (Å²) in [6.45, 7) is 6.04. The van der Waals surface area contributed by atoms with E-state index in [0.717, 1.165) is 23.6 Å². The Hall–Kier alpha value is -2.31. The first-order valence-corrected chi connectivity index (χ1v) is 7.10. The molecule has 0 radical (unpaired) electrons. The molecule has 2 aromatic heterocycles. The first-order chi connectivity index (χ1) is 10.0. The Bertz CT molecular complexity index is 657. The Kier molecular flexibility index (Phi) is 4.30. The molecular formula is C14H21N5O2. The molecule has 0 unspecified atom stereocenters. The zero-order valence-electron chi connectivity index (χ0n) is 12.9. The summed E-state index contributed by atoms with van der Waals surface area (Å²) in [7, 11) is 1.85. The number of carbonyl (C=O) groups excluding carboxylic acids is 1. The van der Waals surface area contributed by atoms with E-state index >= 15 is 0 Å². The second-order valence-corrected chi connectivity index (χ2v) is 4.66. The van der Waals surface area contributed by atoms with Crippen LogP contribution in [0.1, 0.15) is 42.8 Å². The number of nitrogens with two attached hydrogens (primary N) is 1. The number of hydrogen-bond donors (Lipinski definition) is 1. The highest BCUT2D eigenvalue weighted by Crippen LogP contribution is 2.24. The summed E-state index contributed by atoms with van der Waals surface area (Å²) in [6.07, 6.45) is 3.30. The molecule has 0 bridgehead atoms. The van der Waals surface area contributed by atoms with Gasteiger partial charge >= 0.3 is 5.97 Å². The quantitative estimate of drug-likeness (QED) is 0.843. The fourth-order valence-corrected chi connectivity index (χ4v) is 2.30. The molecule has 2 rings (SSSR count). The summed E-state index contributed by atoms with van der Waals surface area (Å²) in [5.74, 6) is 0.525. The van der Waals surface area contributed by atoms with Crippen molar-refractivity contribution in [3.05, 3.63) is 23.4 Å². The zero-order valence-corrected chi connectivity index (χ0v) is 12.9. The summed E-state index contributed by atoms with van der Waals surface area (Å²) in [6, 6.07) is 0. The lowest BCUT2D eigenvalue weighted by molar-refractivity contribution is 0.0521. The molecule has 2 aromatic rings. The fourth-order valence-electron chi connectivity index (χ4n) is 2.30. The highest BCUT2D eigenvalue weighted by Gasteiger charge is 2.23. The third kappa shape index (κ3) is 2.63. The highest BCUT2D eigenvalue weighted by molar-refractivity contribution is 5.92. The topological polar surface area (TPSA) is 88.0 Å². The van der Waals surface area contributed by atoms with Crippen LogP contribution < -0.4 is 5.73 Å². The van der Waals surface area contributed by atoms with Gasteiger partial charge in [0.15, 0.2) is 5.69 Å². The van der Waals surface area contributed by atoms with Crippen LogP contribution in [0.2, 0.25) is 0 Å². The van der Waals surface area contributed by atoms with Crippen molar-refractivity contribution in [3.63, 3.8) is 0 Å². The molecule has 0 aromatic carbocycles. The van der Waals surface area contributed by atoms with Crippen LogP contribution in [-0.4, -0.2) is 31.9 Å². The van der Waals surface area contributed by atoms with Gasteiger partial charge in [-0.25, -0.2) is 9.78 Å².